The van der Waals surface area contributed by atoms with E-state index in [2.05, 4.69) is 60.4 Å². The molecule has 8 heteroatoms. The maximum absolute atomic E-state index is 5.42. The van der Waals surface area contributed by atoms with Crippen molar-refractivity contribution in [3.05, 3.63) is 24.3 Å². The van der Waals surface area contributed by atoms with Crippen LogP contribution in [0.2, 0.25) is 0 Å². The van der Waals surface area contributed by atoms with Crippen molar-refractivity contribution >= 4 is 34.6 Å². The highest BCUT2D eigenvalue weighted by molar-refractivity contribution is 5.82. The quantitative estimate of drug-likeness (QED) is 0.620. The molecule has 1 saturated heterocycles. The largest absolute Gasteiger partial charge is 0.378 e. The van der Waals surface area contributed by atoms with Crippen molar-refractivity contribution in [3.63, 3.8) is 0 Å². The Morgan fingerprint density at radius 1 is 1.07 bits per heavy atom. The molecule has 1 saturated carbocycles. The van der Waals surface area contributed by atoms with Crippen LogP contribution >= 0.6 is 0 Å². The van der Waals surface area contributed by atoms with Crippen LogP contribution < -0.4 is 26.2 Å². The van der Waals surface area contributed by atoms with Crippen molar-refractivity contribution < 1.29 is 4.74 Å². The SMILES string of the molecule is c1cc(N2CCOCC2)ccc1Nc1nc2c(c(NCC3CC3)n1)NCN2. The van der Waals surface area contributed by atoms with E-state index >= 15 is 0 Å². The molecule has 8 nitrogen and oxygen atoms in total. The summed E-state index contributed by atoms with van der Waals surface area (Å²) in [6, 6.07) is 8.41. The second-order valence-corrected chi connectivity index (χ2v) is 7.25. The first-order valence-electron chi connectivity index (χ1n) is 9.68. The zero-order valence-electron chi connectivity index (χ0n) is 15.3. The summed E-state index contributed by atoms with van der Waals surface area (Å²) in [5.74, 6) is 3.09. The van der Waals surface area contributed by atoms with E-state index in [1.807, 2.05) is 0 Å². The highest BCUT2D eigenvalue weighted by Gasteiger charge is 2.24. The number of fused-ring (bicyclic) bond motifs is 1. The smallest absolute Gasteiger partial charge is 0.231 e. The Kier molecular flexibility index (Phi) is 4.33. The van der Waals surface area contributed by atoms with Crippen LogP contribution in [-0.4, -0.2) is 49.5 Å². The van der Waals surface area contributed by atoms with Crippen molar-refractivity contribution in [1.82, 2.24) is 9.97 Å². The summed E-state index contributed by atoms with van der Waals surface area (Å²) in [7, 11) is 0. The molecule has 0 radical (unpaired) electrons. The van der Waals surface area contributed by atoms with Crippen LogP contribution in [-0.2, 0) is 4.74 Å². The van der Waals surface area contributed by atoms with Gasteiger partial charge >= 0.3 is 0 Å². The minimum atomic E-state index is 0.599. The molecule has 1 aromatic carbocycles. The first-order valence-corrected chi connectivity index (χ1v) is 9.68. The molecule has 2 fully saturated rings. The van der Waals surface area contributed by atoms with Gasteiger partial charge in [-0.3, -0.25) is 0 Å². The number of anilines is 6. The number of nitrogens with zero attached hydrogens (tertiary/aromatic N) is 3. The van der Waals surface area contributed by atoms with Crippen molar-refractivity contribution in [2.75, 3.05) is 65.7 Å². The zero-order valence-corrected chi connectivity index (χ0v) is 15.3. The Morgan fingerprint density at radius 2 is 1.89 bits per heavy atom. The molecule has 4 N–H and O–H groups in total. The Morgan fingerprint density at radius 3 is 2.67 bits per heavy atom. The number of benzene rings is 1. The maximum Gasteiger partial charge on any atom is 0.231 e. The number of ether oxygens (including phenoxy) is 1. The lowest BCUT2D eigenvalue weighted by atomic mass is 10.2. The molecule has 1 aromatic heterocycles. The van der Waals surface area contributed by atoms with E-state index in [1.54, 1.807) is 0 Å². The van der Waals surface area contributed by atoms with Crippen LogP contribution in [0.3, 0.4) is 0 Å². The Balaban J connectivity index is 1.31. The molecule has 3 aliphatic rings. The van der Waals surface area contributed by atoms with Crippen molar-refractivity contribution in [3.8, 4) is 0 Å². The summed E-state index contributed by atoms with van der Waals surface area (Å²) in [5.41, 5.74) is 3.16. The van der Waals surface area contributed by atoms with Gasteiger partial charge in [0.15, 0.2) is 11.6 Å². The molecule has 2 aliphatic heterocycles. The van der Waals surface area contributed by atoms with E-state index in [9.17, 15) is 0 Å². The van der Waals surface area contributed by atoms with E-state index in [1.165, 1.54) is 18.5 Å². The van der Waals surface area contributed by atoms with Crippen molar-refractivity contribution in [1.29, 1.82) is 0 Å². The van der Waals surface area contributed by atoms with Gasteiger partial charge < -0.3 is 30.9 Å². The topological polar surface area (TPSA) is 86.4 Å². The lowest BCUT2D eigenvalue weighted by Gasteiger charge is -2.28. The second kappa shape index (κ2) is 7.11. The molecule has 2 aromatic rings. The standard InChI is InChI=1S/C19H25N7O/c1-2-13(1)11-20-17-16-18(22-12-21-16)25-19(24-17)23-14-3-5-15(6-4-14)26-7-9-27-10-8-26/h3-6,13,21H,1-2,7-12H2,(H3,20,22,23,24,25). The Hall–Kier alpha value is -2.74. The third-order valence-electron chi connectivity index (χ3n) is 5.18. The minimum Gasteiger partial charge on any atom is -0.378 e. The van der Waals surface area contributed by atoms with Crippen molar-refractivity contribution in [2.24, 2.45) is 5.92 Å². The van der Waals surface area contributed by atoms with E-state index in [0.717, 1.165) is 61.8 Å². The highest BCUT2D eigenvalue weighted by Crippen LogP contribution is 2.35. The van der Waals surface area contributed by atoms with Crippen molar-refractivity contribution in [2.45, 2.75) is 12.8 Å². The third-order valence-corrected chi connectivity index (χ3v) is 5.18. The molecule has 0 unspecified atom stereocenters. The molecule has 0 bridgehead atoms. The zero-order chi connectivity index (χ0) is 18.1. The van der Waals surface area contributed by atoms with Gasteiger partial charge in [-0.1, -0.05) is 0 Å². The summed E-state index contributed by atoms with van der Waals surface area (Å²) in [5, 5.41) is 13.4. The summed E-state index contributed by atoms with van der Waals surface area (Å²) in [6.07, 6.45) is 2.62. The maximum atomic E-state index is 5.42. The number of hydrogen-bond donors (Lipinski definition) is 4. The molecule has 1 aliphatic carbocycles. The molecular weight excluding hydrogens is 342 g/mol. The number of hydrogen-bond acceptors (Lipinski definition) is 8. The monoisotopic (exact) mass is 367 g/mol. The molecule has 142 valence electrons. The van der Waals surface area contributed by atoms with Crippen LogP contribution in [0.25, 0.3) is 0 Å². The van der Waals surface area contributed by atoms with Crippen LogP contribution in [0.5, 0.6) is 0 Å². The molecule has 27 heavy (non-hydrogen) atoms. The van der Waals surface area contributed by atoms with E-state index in [0.29, 0.717) is 12.6 Å². The second-order valence-electron chi connectivity index (χ2n) is 7.25. The number of nitrogens with one attached hydrogen (secondary N) is 4. The predicted octanol–water partition coefficient (Wildman–Crippen LogP) is 2.67. The molecular formula is C19H25N7O. The third kappa shape index (κ3) is 3.71. The molecule has 0 amide bonds. The lowest BCUT2D eigenvalue weighted by Crippen LogP contribution is -2.36. The minimum absolute atomic E-state index is 0.599. The van der Waals surface area contributed by atoms with E-state index < -0.39 is 0 Å². The van der Waals surface area contributed by atoms with Gasteiger partial charge in [0, 0.05) is 31.0 Å². The van der Waals surface area contributed by atoms with Crippen LogP contribution in [0, 0.1) is 5.92 Å². The van der Waals surface area contributed by atoms with Crippen LogP contribution in [0.1, 0.15) is 12.8 Å². The fourth-order valence-electron chi connectivity index (χ4n) is 3.43. The molecule has 0 atom stereocenters. The average molecular weight is 367 g/mol. The van der Waals surface area contributed by atoms with Gasteiger partial charge in [0.2, 0.25) is 5.95 Å². The predicted molar refractivity (Wildman–Crippen MR) is 108 cm³/mol. The normalized spacial score (nSPS) is 18.4. The highest BCUT2D eigenvalue weighted by atomic mass is 16.5. The fraction of sp³-hybridized carbons (Fsp3) is 0.474. The molecule has 0 spiro atoms. The van der Waals surface area contributed by atoms with Gasteiger partial charge in [-0.05, 0) is 43.0 Å². The van der Waals surface area contributed by atoms with Gasteiger partial charge in [0.25, 0.3) is 0 Å². The fourth-order valence-corrected chi connectivity index (χ4v) is 3.43. The molecule has 3 heterocycles. The summed E-state index contributed by atoms with van der Waals surface area (Å²) in [4.78, 5) is 11.6. The van der Waals surface area contributed by atoms with Crippen LogP contribution in [0.15, 0.2) is 24.3 Å². The first kappa shape index (κ1) is 16.4. The summed E-state index contributed by atoms with van der Waals surface area (Å²) >= 11 is 0. The Bertz CT molecular complexity index is 800. The number of aromatic nitrogens is 2. The number of rotatable bonds is 6. The Labute approximate surface area is 158 Å². The summed E-state index contributed by atoms with van der Waals surface area (Å²) < 4.78 is 5.42. The van der Waals surface area contributed by atoms with Crippen LogP contribution in [0.4, 0.5) is 34.6 Å². The lowest BCUT2D eigenvalue weighted by molar-refractivity contribution is 0.122. The van der Waals surface area contributed by atoms with E-state index in [4.69, 9.17) is 4.74 Å². The first-order chi connectivity index (χ1) is 13.3. The molecule has 5 rings (SSSR count). The van der Waals surface area contributed by atoms with Gasteiger partial charge in [-0.2, -0.15) is 9.97 Å². The number of morpholine rings is 1. The average Bonchev–Trinajstić information content (AvgIpc) is 3.42. The van der Waals surface area contributed by atoms with Gasteiger partial charge in [0.05, 0.1) is 19.9 Å². The van der Waals surface area contributed by atoms with Gasteiger partial charge in [0.1, 0.15) is 5.69 Å². The van der Waals surface area contributed by atoms with Gasteiger partial charge in [-0.25, -0.2) is 0 Å². The summed E-state index contributed by atoms with van der Waals surface area (Å²) in [6.45, 7) is 5.12. The van der Waals surface area contributed by atoms with Gasteiger partial charge in [-0.15, -0.1) is 0 Å². The van der Waals surface area contributed by atoms with E-state index in [-0.39, 0.29) is 0 Å².